The number of benzene rings is 1. The lowest BCUT2D eigenvalue weighted by molar-refractivity contribution is -0.00126. The maximum absolute atomic E-state index is 12.3. The smallest absolute Gasteiger partial charge is 0.251 e. The van der Waals surface area contributed by atoms with E-state index in [9.17, 15) is 15.0 Å². The SMILES string of the molecule is CCCCCCCCCCCCC[C@@H](O)[C@@H](O)[C@@H](N)CNC(=O)c1ccc(CCCC)cc1. The molecule has 0 aliphatic rings. The first-order chi connectivity index (χ1) is 16.0. The molecule has 5 N–H and O–H groups in total. The molecule has 5 heteroatoms. The first-order valence-electron chi connectivity index (χ1n) is 13.5. The predicted octanol–water partition coefficient (Wildman–Crippen LogP) is 5.51. The van der Waals surface area contributed by atoms with Crippen molar-refractivity contribution in [3.05, 3.63) is 35.4 Å². The highest BCUT2D eigenvalue weighted by Crippen LogP contribution is 2.14. The Morgan fingerprint density at radius 2 is 1.33 bits per heavy atom. The zero-order chi connectivity index (χ0) is 24.3. The molecule has 0 aliphatic carbocycles. The molecule has 0 radical (unpaired) electrons. The number of amides is 1. The van der Waals surface area contributed by atoms with E-state index >= 15 is 0 Å². The number of hydrogen-bond acceptors (Lipinski definition) is 4. The lowest BCUT2D eigenvalue weighted by Crippen LogP contribution is -2.49. The van der Waals surface area contributed by atoms with Crippen LogP contribution in [-0.2, 0) is 6.42 Å². The van der Waals surface area contributed by atoms with Crippen LogP contribution in [0.4, 0.5) is 0 Å². The molecule has 0 fully saturated rings. The number of hydrogen-bond donors (Lipinski definition) is 4. The van der Waals surface area contributed by atoms with Crippen LogP contribution in [0.1, 0.15) is 120 Å². The number of aliphatic hydroxyl groups is 2. The summed E-state index contributed by atoms with van der Waals surface area (Å²) in [6.45, 7) is 4.54. The van der Waals surface area contributed by atoms with Crippen molar-refractivity contribution in [3.63, 3.8) is 0 Å². The van der Waals surface area contributed by atoms with E-state index in [0.29, 0.717) is 12.0 Å². The van der Waals surface area contributed by atoms with E-state index in [1.807, 2.05) is 24.3 Å². The second-order valence-electron chi connectivity index (χ2n) is 9.56. The fourth-order valence-corrected chi connectivity index (χ4v) is 4.11. The average Bonchev–Trinajstić information content (AvgIpc) is 2.84. The summed E-state index contributed by atoms with van der Waals surface area (Å²) in [6.07, 6.45) is 15.7. The van der Waals surface area contributed by atoms with Gasteiger partial charge in [-0.15, -0.1) is 0 Å². The maximum Gasteiger partial charge on any atom is 0.251 e. The van der Waals surface area contributed by atoms with Gasteiger partial charge in [-0.3, -0.25) is 4.79 Å². The van der Waals surface area contributed by atoms with Crippen molar-refractivity contribution < 1.29 is 15.0 Å². The lowest BCUT2D eigenvalue weighted by Gasteiger charge is -2.24. The zero-order valence-corrected chi connectivity index (χ0v) is 21.2. The first-order valence-corrected chi connectivity index (χ1v) is 13.5. The standard InChI is InChI=1S/C28H50N2O3/c1-3-5-7-8-9-10-11-12-13-14-15-17-26(31)27(32)25(29)22-30-28(33)24-20-18-23(19-21-24)16-6-4-2/h18-21,25-27,31-32H,3-17,22,29H2,1-2H3,(H,30,33)/t25-,26+,27-/m0/s1. The number of aliphatic hydroxyl groups excluding tert-OH is 2. The highest BCUT2D eigenvalue weighted by atomic mass is 16.3. The van der Waals surface area contributed by atoms with Gasteiger partial charge in [0, 0.05) is 12.1 Å². The third kappa shape index (κ3) is 13.8. The van der Waals surface area contributed by atoms with Gasteiger partial charge in [0.05, 0.1) is 18.2 Å². The molecule has 0 saturated heterocycles. The summed E-state index contributed by atoms with van der Waals surface area (Å²) in [5.41, 5.74) is 7.84. The summed E-state index contributed by atoms with van der Waals surface area (Å²) in [6, 6.07) is 6.92. The first kappa shape index (κ1) is 29.6. The summed E-state index contributed by atoms with van der Waals surface area (Å²) < 4.78 is 0. The van der Waals surface area contributed by atoms with Gasteiger partial charge in [-0.25, -0.2) is 0 Å². The van der Waals surface area contributed by atoms with Crippen LogP contribution in [0.15, 0.2) is 24.3 Å². The van der Waals surface area contributed by atoms with Gasteiger partial charge in [-0.2, -0.15) is 0 Å². The Balaban J connectivity index is 2.14. The molecule has 33 heavy (non-hydrogen) atoms. The van der Waals surface area contributed by atoms with E-state index in [1.54, 1.807) is 0 Å². The predicted molar refractivity (Wildman–Crippen MR) is 138 cm³/mol. The Hall–Kier alpha value is -1.43. The fourth-order valence-electron chi connectivity index (χ4n) is 4.11. The normalized spacial score (nSPS) is 14.1. The van der Waals surface area contributed by atoms with Crippen LogP contribution in [0.5, 0.6) is 0 Å². The number of unbranched alkanes of at least 4 members (excludes halogenated alkanes) is 11. The highest BCUT2D eigenvalue weighted by molar-refractivity contribution is 5.94. The van der Waals surface area contributed by atoms with Gasteiger partial charge in [0.1, 0.15) is 0 Å². The van der Waals surface area contributed by atoms with E-state index in [1.165, 1.54) is 63.4 Å². The van der Waals surface area contributed by atoms with Crippen LogP contribution in [0.3, 0.4) is 0 Å². The molecule has 0 aromatic heterocycles. The van der Waals surface area contributed by atoms with Crippen LogP contribution in [0.25, 0.3) is 0 Å². The summed E-state index contributed by atoms with van der Waals surface area (Å²) in [5, 5.41) is 23.4. The number of rotatable bonds is 20. The van der Waals surface area contributed by atoms with Crippen molar-refractivity contribution in [2.24, 2.45) is 5.73 Å². The Bertz CT molecular complexity index is 606. The van der Waals surface area contributed by atoms with Gasteiger partial charge in [0.2, 0.25) is 0 Å². The Kier molecular flexibility index (Phi) is 17.0. The van der Waals surface area contributed by atoms with Gasteiger partial charge in [0.25, 0.3) is 5.91 Å². The molecule has 190 valence electrons. The van der Waals surface area contributed by atoms with Crippen molar-refractivity contribution in [1.82, 2.24) is 5.32 Å². The van der Waals surface area contributed by atoms with E-state index in [2.05, 4.69) is 19.2 Å². The molecular formula is C28H50N2O3. The Morgan fingerprint density at radius 1 is 0.818 bits per heavy atom. The minimum atomic E-state index is -1.04. The highest BCUT2D eigenvalue weighted by Gasteiger charge is 2.23. The average molecular weight is 463 g/mol. The van der Waals surface area contributed by atoms with Gasteiger partial charge >= 0.3 is 0 Å². The summed E-state index contributed by atoms with van der Waals surface area (Å²) in [5.74, 6) is -0.209. The van der Waals surface area contributed by atoms with Crippen molar-refractivity contribution in [2.45, 2.75) is 128 Å². The van der Waals surface area contributed by atoms with Crippen molar-refractivity contribution in [3.8, 4) is 0 Å². The number of nitrogens with two attached hydrogens (primary N) is 1. The molecule has 5 nitrogen and oxygen atoms in total. The number of nitrogens with one attached hydrogen (secondary N) is 1. The van der Waals surface area contributed by atoms with Crippen LogP contribution >= 0.6 is 0 Å². The second kappa shape index (κ2) is 18.9. The molecule has 0 unspecified atom stereocenters. The zero-order valence-electron chi connectivity index (χ0n) is 21.2. The third-order valence-electron chi connectivity index (χ3n) is 6.47. The summed E-state index contributed by atoms with van der Waals surface area (Å²) in [4.78, 5) is 12.3. The largest absolute Gasteiger partial charge is 0.390 e. The van der Waals surface area contributed by atoms with Gasteiger partial charge in [0.15, 0.2) is 0 Å². The Morgan fingerprint density at radius 3 is 1.88 bits per heavy atom. The molecule has 0 aliphatic heterocycles. The van der Waals surface area contributed by atoms with Gasteiger partial charge in [-0.05, 0) is 37.0 Å². The van der Waals surface area contributed by atoms with E-state index in [4.69, 9.17) is 5.73 Å². The van der Waals surface area contributed by atoms with E-state index < -0.39 is 18.2 Å². The van der Waals surface area contributed by atoms with E-state index in [-0.39, 0.29) is 12.5 Å². The maximum atomic E-state index is 12.3. The molecule has 1 amide bonds. The number of carbonyl (C=O) groups is 1. The fraction of sp³-hybridized carbons (Fsp3) is 0.750. The minimum Gasteiger partial charge on any atom is -0.390 e. The van der Waals surface area contributed by atoms with Crippen LogP contribution in [0, 0.1) is 0 Å². The molecule has 1 aromatic rings. The monoisotopic (exact) mass is 462 g/mol. The molecule has 0 spiro atoms. The molecular weight excluding hydrogens is 412 g/mol. The van der Waals surface area contributed by atoms with Crippen LogP contribution in [0.2, 0.25) is 0 Å². The summed E-state index contributed by atoms with van der Waals surface area (Å²) >= 11 is 0. The number of carbonyl (C=O) groups excluding carboxylic acids is 1. The molecule has 3 atom stereocenters. The van der Waals surface area contributed by atoms with Gasteiger partial charge in [-0.1, -0.05) is 103 Å². The minimum absolute atomic E-state index is 0.132. The molecule has 1 rings (SSSR count). The van der Waals surface area contributed by atoms with Gasteiger partial charge < -0.3 is 21.3 Å². The van der Waals surface area contributed by atoms with Crippen LogP contribution in [-0.4, -0.2) is 40.9 Å². The van der Waals surface area contributed by atoms with E-state index in [0.717, 1.165) is 32.1 Å². The van der Waals surface area contributed by atoms with Crippen molar-refractivity contribution in [1.29, 1.82) is 0 Å². The molecule has 0 saturated carbocycles. The molecule has 0 bridgehead atoms. The molecule has 0 heterocycles. The topological polar surface area (TPSA) is 95.6 Å². The lowest BCUT2D eigenvalue weighted by atomic mass is 9.99. The molecule has 1 aromatic carbocycles. The Labute approximate surface area is 202 Å². The quantitative estimate of drug-likeness (QED) is 0.192. The van der Waals surface area contributed by atoms with Crippen molar-refractivity contribution >= 4 is 5.91 Å². The van der Waals surface area contributed by atoms with Crippen LogP contribution < -0.4 is 11.1 Å². The third-order valence-corrected chi connectivity index (χ3v) is 6.47. The van der Waals surface area contributed by atoms with Crippen molar-refractivity contribution in [2.75, 3.05) is 6.54 Å². The second-order valence-corrected chi connectivity index (χ2v) is 9.56. The summed E-state index contributed by atoms with van der Waals surface area (Å²) in [7, 11) is 0. The number of aryl methyl sites for hydroxylation is 1.